The Morgan fingerprint density at radius 2 is 1.93 bits per heavy atom. The van der Waals surface area contributed by atoms with Crippen molar-refractivity contribution in [3.8, 4) is 11.9 Å². The van der Waals surface area contributed by atoms with E-state index in [0.29, 0.717) is 11.6 Å². The molecule has 4 rings (SSSR count). The maximum absolute atomic E-state index is 12.7. The minimum absolute atomic E-state index is 0.187. The van der Waals surface area contributed by atoms with Gasteiger partial charge in [0, 0.05) is 9.86 Å². The Balaban J connectivity index is 1.71. The highest BCUT2D eigenvalue weighted by Gasteiger charge is 2.17. The molecule has 0 atom stereocenters. The molecule has 0 aliphatic carbocycles. The number of nitrogens with zero attached hydrogens (tertiary/aromatic N) is 4. The number of aryl methyl sites for hydroxylation is 2. The van der Waals surface area contributed by atoms with Gasteiger partial charge in [-0.25, -0.2) is 4.98 Å². The zero-order valence-corrected chi connectivity index (χ0v) is 18.1. The molecule has 7 heteroatoms. The Bertz CT molecular complexity index is 1300. The minimum atomic E-state index is -0.232. The van der Waals surface area contributed by atoms with E-state index in [2.05, 4.69) is 32.4 Å². The number of hydrogen-bond donors (Lipinski definition) is 1. The summed E-state index contributed by atoms with van der Waals surface area (Å²) < 4.78 is 2.46. The number of halogens is 1. The number of pyridine rings is 1. The maximum atomic E-state index is 12.7. The Morgan fingerprint density at radius 3 is 2.67 bits per heavy atom. The molecule has 0 unspecified atom stereocenters. The summed E-state index contributed by atoms with van der Waals surface area (Å²) in [7, 11) is 0. The lowest BCUT2D eigenvalue weighted by atomic mass is 10.1. The van der Waals surface area contributed by atoms with Gasteiger partial charge in [0.05, 0.1) is 18.1 Å². The van der Waals surface area contributed by atoms with Gasteiger partial charge in [0.15, 0.2) is 11.6 Å². The van der Waals surface area contributed by atoms with E-state index in [1.165, 1.54) is 10.9 Å². The molecule has 4 aromatic rings. The van der Waals surface area contributed by atoms with E-state index in [0.717, 1.165) is 32.1 Å². The Hall–Kier alpha value is -3.50. The quantitative estimate of drug-likeness (QED) is 0.472. The number of nitrogens with one attached hydrogen (secondary N) is 1. The van der Waals surface area contributed by atoms with Crippen molar-refractivity contribution in [2.75, 3.05) is 5.32 Å². The van der Waals surface area contributed by atoms with Gasteiger partial charge in [0.2, 0.25) is 5.91 Å². The van der Waals surface area contributed by atoms with Crippen molar-refractivity contribution in [3.63, 3.8) is 0 Å². The van der Waals surface area contributed by atoms with Gasteiger partial charge in [0.25, 0.3) is 0 Å². The first kappa shape index (κ1) is 19.8. The number of fused-ring (bicyclic) bond motifs is 1. The van der Waals surface area contributed by atoms with E-state index in [1.54, 1.807) is 0 Å². The molecule has 0 fully saturated rings. The number of anilines is 1. The van der Waals surface area contributed by atoms with Crippen LogP contribution in [-0.4, -0.2) is 20.7 Å². The van der Waals surface area contributed by atoms with Crippen molar-refractivity contribution in [2.45, 2.75) is 20.3 Å². The summed E-state index contributed by atoms with van der Waals surface area (Å²) in [6.45, 7) is 4.01. The Labute approximate surface area is 182 Å². The highest BCUT2D eigenvalue weighted by Crippen LogP contribution is 2.25. The van der Waals surface area contributed by atoms with Crippen LogP contribution in [0.5, 0.6) is 0 Å². The molecule has 1 amide bonds. The molecule has 0 saturated heterocycles. The molecular formula is C23H18BrN5O. The molecular weight excluding hydrogens is 442 g/mol. The van der Waals surface area contributed by atoms with Crippen LogP contribution in [0.4, 0.5) is 5.82 Å². The number of amides is 1. The van der Waals surface area contributed by atoms with Crippen LogP contribution in [0.3, 0.4) is 0 Å². The minimum Gasteiger partial charge on any atom is -0.309 e. The molecule has 1 N–H and O–H groups in total. The van der Waals surface area contributed by atoms with Crippen LogP contribution in [0.25, 0.3) is 16.7 Å². The molecule has 0 aliphatic heterocycles. The summed E-state index contributed by atoms with van der Waals surface area (Å²) in [4.78, 5) is 17.4. The van der Waals surface area contributed by atoms with Crippen molar-refractivity contribution in [1.29, 1.82) is 5.26 Å². The van der Waals surface area contributed by atoms with Crippen molar-refractivity contribution in [3.05, 3.63) is 81.5 Å². The molecule has 0 radical (unpaired) electrons. The third-order valence-electron chi connectivity index (χ3n) is 4.88. The van der Waals surface area contributed by atoms with E-state index in [1.807, 2.05) is 62.4 Å². The molecule has 2 aromatic heterocycles. The summed E-state index contributed by atoms with van der Waals surface area (Å²) >= 11 is 3.39. The van der Waals surface area contributed by atoms with Crippen LogP contribution in [0.2, 0.25) is 0 Å². The second kappa shape index (κ2) is 8.09. The van der Waals surface area contributed by atoms with Gasteiger partial charge >= 0.3 is 0 Å². The predicted molar refractivity (Wildman–Crippen MR) is 120 cm³/mol. The lowest BCUT2D eigenvalue weighted by molar-refractivity contribution is -0.115. The molecule has 0 aliphatic rings. The van der Waals surface area contributed by atoms with Crippen LogP contribution in [-0.2, 0) is 11.2 Å². The smallest absolute Gasteiger partial charge is 0.229 e. The zero-order valence-electron chi connectivity index (χ0n) is 16.5. The van der Waals surface area contributed by atoms with Crippen molar-refractivity contribution < 1.29 is 4.79 Å². The van der Waals surface area contributed by atoms with Crippen LogP contribution in [0.15, 0.2) is 59.2 Å². The number of aromatic nitrogens is 3. The number of para-hydroxylation sites is 1. The molecule has 0 spiro atoms. The average Bonchev–Trinajstić information content (AvgIpc) is 3.13. The standard InChI is InChI=1S/C23H18BrN5O/c1-14-4-3-5-19-15(2)10-20(27-22(14)19)29-23(17(12-25)13-26-29)28-21(30)11-16-6-8-18(24)9-7-16/h3-10,13H,11H2,1-2H3,(H,28,30). The zero-order chi connectivity index (χ0) is 21.3. The largest absolute Gasteiger partial charge is 0.309 e. The van der Waals surface area contributed by atoms with Gasteiger partial charge in [-0.15, -0.1) is 0 Å². The first-order chi connectivity index (χ1) is 14.5. The fourth-order valence-electron chi connectivity index (χ4n) is 3.34. The highest BCUT2D eigenvalue weighted by atomic mass is 79.9. The first-order valence-electron chi connectivity index (χ1n) is 9.36. The van der Waals surface area contributed by atoms with Gasteiger partial charge in [-0.05, 0) is 48.7 Å². The third kappa shape index (κ3) is 3.82. The van der Waals surface area contributed by atoms with E-state index < -0.39 is 0 Å². The maximum Gasteiger partial charge on any atom is 0.229 e. The highest BCUT2D eigenvalue weighted by molar-refractivity contribution is 9.10. The lowest BCUT2D eigenvalue weighted by Crippen LogP contribution is -2.18. The molecule has 2 heterocycles. The van der Waals surface area contributed by atoms with Gasteiger partial charge < -0.3 is 5.32 Å². The van der Waals surface area contributed by atoms with Crippen molar-refractivity contribution in [1.82, 2.24) is 14.8 Å². The first-order valence-corrected chi connectivity index (χ1v) is 10.2. The van der Waals surface area contributed by atoms with Crippen molar-refractivity contribution >= 4 is 38.6 Å². The molecule has 0 saturated carbocycles. The molecule has 30 heavy (non-hydrogen) atoms. The number of nitriles is 1. The monoisotopic (exact) mass is 459 g/mol. The number of benzene rings is 2. The second-order valence-electron chi connectivity index (χ2n) is 7.05. The number of hydrogen-bond acceptors (Lipinski definition) is 4. The fraction of sp³-hybridized carbons (Fsp3) is 0.130. The summed E-state index contributed by atoms with van der Waals surface area (Å²) in [5.74, 6) is 0.637. The van der Waals surface area contributed by atoms with E-state index >= 15 is 0 Å². The summed E-state index contributed by atoms with van der Waals surface area (Å²) in [5, 5.41) is 17.7. The summed E-state index contributed by atoms with van der Waals surface area (Å²) in [6.07, 6.45) is 1.63. The average molecular weight is 460 g/mol. The van der Waals surface area contributed by atoms with E-state index in [-0.39, 0.29) is 17.9 Å². The predicted octanol–water partition coefficient (Wildman–Crippen LogP) is 4.85. The molecule has 148 valence electrons. The Kier molecular flexibility index (Phi) is 5.34. The third-order valence-corrected chi connectivity index (χ3v) is 5.41. The molecule has 6 nitrogen and oxygen atoms in total. The lowest BCUT2D eigenvalue weighted by Gasteiger charge is -2.12. The SMILES string of the molecule is Cc1cc(-n2ncc(C#N)c2NC(=O)Cc2ccc(Br)cc2)nc2c(C)cccc12. The normalized spacial score (nSPS) is 10.7. The van der Waals surface area contributed by atoms with Crippen molar-refractivity contribution in [2.24, 2.45) is 0 Å². The number of rotatable bonds is 4. The van der Waals surface area contributed by atoms with Gasteiger partial charge in [-0.1, -0.05) is 46.3 Å². The van der Waals surface area contributed by atoms with Crippen LogP contribution >= 0.6 is 15.9 Å². The van der Waals surface area contributed by atoms with E-state index in [4.69, 9.17) is 4.98 Å². The number of carbonyl (C=O) groups is 1. The van der Waals surface area contributed by atoms with Crippen LogP contribution < -0.4 is 5.32 Å². The fourth-order valence-corrected chi connectivity index (χ4v) is 3.60. The van der Waals surface area contributed by atoms with Crippen LogP contribution in [0, 0.1) is 25.2 Å². The topological polar surface area (TPSA) is 83.6 Å². The molecule has 2 aromatic carbocycles. The molecule has 0 bridgehead atoms. The van der Waals surface area contributed by atoms with E-state index in [9.17, 15) is 10.1 Å². The van der Waals surface area contributed by atoms with Gasteiger partial charge in [-0.3, -0.25) is 4.79 Å². The van der Waals surface area contributed by atoms with Crippen LogP contribution in [0.1, 0.15) is 22.3 Å². The Morgan fingerprint density at radius 1 is 1.17 bits per heavy atom. The second-order valence-corrected chi connectivity index (χ2v) is 7.97. The summed E-state index contributed by atoms with van der Waals surface area (Å²) in [6, 6.07) is 17.6. The van der Waals surface area contributed by atoms with Gasteiger partial charge in [0.1, 0.15) is 11.6 Å². The number of carbonyl (C=O) groups excluding carboxylic acids is 1. The van der Waals surface area contributed by atoms with Gasteiger partial charge in [-0.2, -0.15) is 15.0 Å². The summed E-state index contributed by atoms with van der Waals surface area (Å²) in [5.41, 5.74) is 4.11.